The lowest BCUT2D eigenvalue weighted by molar-refractivity contribution is 0.0250. The highest BCUT2D eigenvalue weighted by molar-refractivity contribution is 7.89. The van der Waals surface area contributed by atoms with Crippen molar-refractivity contribution in [3.63, 3.8) is 0 Å². The van der Waals surface area contributed by atoms with E-state index in [0.29, 0.717) is 12.2 Å². The molecule has 1 saturated heterocycles. The first-order valence-corrected chi connectivity index (χ1v) is 8.38. The monoisotopic (exact) mass is 316 g/mol. The molecule has 7 heteroatoms. The Hall–Kier alpha value is -1.02. The maximum Gasteiger partial charge on any atom is 0.241 e. The Bertz CT molecular complexity index is 625. The van der Waals surface area contributed by atoms with Crippen molar-refractivity contribution in [2.75, 3.05) is 13.2 Å². The summed E-state index contributed by atoms with van der Waals surface area (Å²) in [5, 5.41) is 0. The maximum atomic E-state index is 13.8. The Labute approximate surface area is 124 Å². The number of rotatable bonds is 5. The molecule has 1 aromatic carbocycles. The molecule has 0 amide bonds. The van der Waals surface area contributed by atoms with Crippen molar-refractivity contribution < 1.29 is 17.5 Å². The van der Waals surface area contributed by atoms with Gasteiger partial charge in [-0.05, 0) is 44.4 Å². The highest BCUT2D eigenvalue weighted by Crippen LogP contribution is 2.25. The van der Waals surface area contributed by atoms with Crippen LogP contribution in [0.3, 0.4) is 0 Å². The molecule has 0 saturated carbocycles. The van der Waals surface area contributed by atoms with Crippen molar-refractivity contribution in [2.45, 2.75) is 43.7 Å². The summed E-state index contributed by atoms with van der Waals surface area (Å²) in [4.78, 5) is -0.0652. The van der Waals surface area contributed by atoms with Gasteiger partial charge in [0.25, 0.3) is 0 Å². The molecular formula is C14H21FN2O3S. The van der Waals surface area contributed by atoms with Crippen LogP contribution < -0.4 is 10.5 Å². The van der Waals surface area contributed by atoms with E-state index in [1.807, 2.05) is 6.92 Å². The van der Waals surface area contributed by atoms with Gasteiger partial charge in [0.15, 0.2) is 0 Å². The molecule has 5 nitrogen and oxygen atoms in total. The minimum absolute atomic E-state index is 0.0652. The van der Waals surface area contributed by atoms with Crippen molar-refractivity contribution in [1.82, 2.24) is 4.72 Å². The summed E-state index contributed by atoms with van der Waals surface area (Å²) in [7, 11) is -3.80. The molecule has 1 fully saturated rings. The summed E-state index contributed by atoms with van der Waals surface area (Å²) in [6.07, 6.45) is 1.71. The number of benzene rings is 1. The average molecular weight is 316 g/mol. The minimum atomic E-state index is -3.80. The molecule has 0 aliphatic carbocycles. The second-order valence-electron chi connectivity index (χ2n) is 5.63. The van der Waals surface area contributed by atoms with Crippen LogP contribution in [0.25, 0.3) is 0 Å². The zero-order valence-corrected chi connectivity index (χ0v) is 13.1. The van der Waals surface area contributed by atoms with Gasteiger partial charge in [-0.3, -0.25) is 0 Å². The summed E-state index contributed by atoms with van der Waals surface area (Å²) in [6, 6.07) is 2.67. The lowest BCUT2D eigenvalue weighted by atomic mass is 10.0. The van der Waals surface area contributed by atoms with E-state index < -0.39 is 21.4 Å². The van der Waals surface area contributed by atoms with Crippen molar-refractivity contribution >= 4 is 10.0 Å². The Morgan fingerprint density at radius 1 is 1.48 bits per heavy atom. The Kier molecular flexibility index (Phi) is 4.67. The van der Waals surface area contributed by atoms with Gasteiger partial charge in [-0.1, -0.05) is 0 Å². The van der Waals surface area contributed by atoms with Gasteiger partial charge in [0, 0.05) is 25.3 Å². The van der Waals surface area contributed by atoms with Gasteiger partial charge in [-0.15, -0.1) is 0 Å². The zero-order chi connectivity index (χ0) is 15.7. The fourth-order valence-corrected chi connectivity index (χ4v) is 3.86. The molecule has 118 valence electrons. The van der Waals surface area contributed by atoms with Gasteiger partial charge in [0.1, 0.15) is 5.82 Å². The van der Waals surface area contributed by atoms with Crippen LogP contribution >= 0.6 is 0 Å². The van der Waals surface area contributed by atoms with Crippen molar-refractivity contribution in [3.8, 4) is 0 Å². The molecule has 3 N–H and O–H groups in total. The maximum absolute atomic E-state index is 13.8. The summed E-state index contributed by atoms with van der Waals surface area (Å²) < 4.78 is 46.7. The van der Waals surface area contributed by atoms with Crippen LogP contribution in [0.5, 0.6) is 0 Å². The second-order valence-corrected chi connectivity index (χ2v) is 7.37. The standard InChI is InChI=1S/C14H21FN2O3S/c1-10-12(15)6-11(8-16)7-13(10)21(18,19)17-9-14(2)4-3-5-20-14/h6-7,17H,3-5,8-9,16H2,1-2H3. The minimum Gasteiger partial charge on any atom is -0.374 e. The van der Waals surface area contributed by atoms with Crippen molar-refractivity contribution in [2.24, 2.45) is 5.73 Å². The predicted octanol–water partition coefficient (Wildman–Crippen LogP) is 1.44. The van der Waals surface area contributed by atoms with E-state index in [1.165, 1.54) is 19.1 Å². The third-order valence-electron chi connectivity index (χ3n) is 3.82. The molecule has 0 spiro atoms. The van der Waals surface area contributed by atoms with E-state index in [-0.39, 0.29) is 23.5 Å². The SMILES string of the molecule is Cc1c(F)cc(CN)cc1S(=O)(=O)NCC1(C)CCCO1. The van der Waals surface area contributed by atoms with Gasteiger partial charge in [0.2, 0.25) is 10.0 Å². The average Bonchev–Trinajstić information content (AvgIpc) is 2.87. The summed E-state index contributed by atoms with van der Waals surface area (Å²) in [6.45, 7) is 4.20. The van der Waals surface area contributed by atoms with Gasteiger partial charge in [0.05, 0.1) is 10.5 Å². The molecule has 1 aliphatic heterocycles. The van der Waals surface area contributed by atoms with E-state index >= 15 is 0 Å². The summed E-state index contributed by atoms with van der Waals surface area (Å²) in [5.74, 6) is -0.568. The zero-order valence-electron chi connectivity index (χ0n) is 12.3. The van der Waals surface area contributed by atoms with Crippen LogP contribution in [0.1, 0.15) is 30.9 Å². The van der Waals surface area contributed by atoms with E-state index in [0.717, 1.165) is 12.8 Å². The summed E-state index contributed by atoms with van der Waals surface area (Å²) >= 11 is 0. The fourth-order valence-electron chi connectivity index (χ4n) is 2.41. The van der Waals surface area contributed by atoms with Crippen LogP contribution in [0.15, 0.2) is 17.0 Å². The molecule has 1 heterocycles. The van der Waals surface area contributed by atoms with E-state index in [1.54, 1.807) is 0 Å². The lowest BCUT2D eigenvalue weighted by Gasteiger charge is -2.23. The van der Waals surface area contributed by atoms with Crippen molar-refractivity contribution in [3.05, 3.63) is 29.1 Å². The Morgan fingerprint density at radius 3 is 2.76 bits per heavy atom. The first kappa shape index (κ1) is 16.4. The topological polar surface area (TPSA) is 81.4 Å². The van der Waals surface area contributed by atoms with E-state index in [4.69, 9.17) is 10.5 Å². The molecular weight excluding hydrogens is 295 g/mol. The number of hydrogen-bond donors (Lipinski definition) is 2. The molecule has 2 rings (SSSR count). The molecule has 1 aromatic rings. The second kappa shape index (κ2) is 6.00. The van der Waals surface area contributed by atoms with Crippen LogP contribution in [-0.4, -0.2) is 27.2 Å². The molecule has 1 aliphatic rings. The lowest BCUT2D eigenvalue weighted by Crippen LogP contribution is -2.40. The predicted molar refractivity (Wildman–Crippen MR) is 77.8 cm³/mol. The largest absolute Gasteiger partial charge is 0.374 e. The first-order valence-electron chi connectivity index (χ1n) is 6.90. The molecule has 0 bridgehead atoms. The third-order valence-corrected chi connectivity index (χ3v) is 5.35. The number of nitrogens with one attached hydrogen (secondary N) is 1. The normalized spacial score (nSPS) is 22.7. The van der Waals surface area contributed by atoms with Gasteiger partial charge >= 0.3 is 0 Å². The summed E-state index contributed by atoms with van der Waals surface area (Å²) in [5.41, 5.74) is 5.52. The highest BCUT2D eigenvalue weighted by atomic mass is 32.2. The third kappa shape index (κ3) is 3.60. The smallest absolute Gasteiger partial charge is 0.241 e. The van der Waals surface area contributed by atoms with Gasteiger partial charge < -0.3 is 10.5 Å². The number of nitrogens with two attached hydrogens (primary N) is 1. The first-order chi connectivity index (χ1) is 9.77. The van der Waals surface area contributed by atoms with Crippen LogP contribution in [-0.2, 0) is 21.3 Å². The Balaban J connectivity index is 2.25. The van der Waals surface area contributed by atoms with Gasteiger partial charge in [-0.2, -0.15) is 0 Å². The molecule has 0 aromatic heterocycles. The molecule has 1 unspecified atom stereocenters. The number of ether oxygens (including phenoxy) is 1. The van der Waals surface area contributed by atoms with Crippen LogP contribution in [0.2, 0.25) is 0 Å². The highest BCUT2D eigenvalue weighted by Gasteiger charge is 2.32. The molecule has 21 heavy (non-hydrogen) atoms. The Morgan fingerprint density at radius 2 is 2.19 bits per heavy atom. The number of sulfonamides is 1. The quantitative estimate of drug-likeness (QED) is 0.861. The van der Waals surface area contributed by atoms with Gasteiger partial charge in [-0.25, -0.2) is 17.5 Å². The van der Waals surface area contributed by atoms with Crippen LogP contribution in [0, 0.1) is 12.7 Å². The fraction of sp³-hybridized carbons (Fsp3) is 0.571. The van der Waals surface area contributed by atoms with E-state index in [9.17, 15) is 12.8 Å². The number of hydrogen-bond acceptors (Lipinski definition) is 4. The molecule has 0 radical (unpaired) electrons. The van der Waals surface area contributed by atoms with Crippen molar-refractivity contribution in [1.29, 1.82) is 0 Å². The van der Waals surface area contributed by atoms with E-state index in [2.05, 4.69) is 4.72 Å². The number of halogens is 1. The van der Waals surface area contributed by atoms with Crippen LogP contribution in [0.4, 0.5) is 4.39 Å². The molecule has 1 atom stereocenters.